The van der Waals surface area contributed by atoms with E-state index in [-0.39, 0.29) is 0 Å². The molecule has 0 atom stereocenters. The molecule has 0 unspecified atom stereocenters. The summed E-state index contributed by atoms with van der Waals surface area (Å²) >= 11 is 7.74. The Morgan fingerprint density at radius 3 is 2.67 bits per heavy atom. The van der Waals surface area contributed by atoms with Crippen molar-refractivity contribution in [2.75, 3.05) is 19.0 Å². The number of halogens is 1. The standard InChI is InChI=1S/C16H20ClN3S/c1-18-9-14-15(12-5-6-12)19-16(21-14)20(2)10-11-3-7-13(17)8-4-11/h3-4,7-8,12,18H,5-6,9-10H2,1-2H3. The Morgan fingerprint density at radius 2 is 2.05 bits per heavy atom. The SMILES string of the molecule is CNCc1sc(N(C)Cc2ccc(Cl)cc2)nc1C1CC1. The van der Waals surface area contributed by atoms with E-state index >= 15 is 0 Å². The third-order valence-corrected chi connectivity index (χ3v) is 5.11. The second-order valence-corrected chi connectivity index (χ2v) is 7.09. The van der Waals surface area contributed by atoms with Crippen LogP contribution in [0.2, 0.25) is 5.02 Å². The highest BCUT2D eigenvalue weighted by Gasteiger charge is 2.29. The Morgan fingerprint density at radius 1 is 1.33 bits per heavy atom. The van der Waals surface area contributed by atoms with Gasteiger partial charge in [0.1, 0.15) is 0 Å². The van der Waals surface area contributed by atoms with E-state index in [0.29, 0.717) is 5.92 Å². The molecular formula is C16H20ClN3S. The normalized spacial score (nSPS) is 14.4. The summed E-state index contributed by atoms with van der Waals surface area (Å²) in [6.45, 7) is 1.77. The van der Waals surface area contributed by atoms with Crippen LogP contribution in [0.3, 0.4) is 0 Å². The number of hydrogen-bond donors (Lipinski definition) is 1. The van der Waals surface area contributed by atoms with Gasteiger partial charge < -0.3 is 10.2 Å². The molecule has 1 heterocycles. The third kappa shape index (κ3) is 3.57. The van der Waals surface area contributed by atoms with E-state index in [0.717, 1.165) is 23.2 Å². The molecule has 112 valence electrons. The fourth-order valence-electron chi connectivity index (χ4n) is 2.41. The zero-order chi connectivity index (χ0) is 14.8. The van der Waals surface area contributed by atoms with Gasteiger partial charge in [0.25, 0.3) is 0 Å². The largest absolute Gasteiger partial charge is 0.347 e. The molecule has 0 spiro atoms. The van der Waals surface area contributed by atoms with Crippen LogP contribution in [0, 0.1) is 0 Å². The van der Waals surface area contributed by atoms with Crippen molar-refractivity contribution in [1.29, 1.82) is 0 Å². The van der Waals surface area contributed by atoms with Gasteiger partial charge in [-0.05, 0) is 37.6 Å². The van der Waals surface area contributed by atoms with Crippen molar-refractivity contribution < 1.29 is 0 Å². The molecular weight excluding hydrogens is 302 g/mol. The van der Waals surface area contributed by atoms with Crippen molar-refractivity contribution in [3.05, 3.63) is 45.4 Å². The number of hydrogen-bond acceptors (Lipinski definition) is 4. The van der Waals surface area contributed by atoms with Gasteiger partial charge in [0.2, 0.25) is 0 Å². The van der Waals surface area contributed by atoms with E-state index in [1.165, 1.54) is 29.0 Å². The van der Waals surface area contributed by atoms with Gasteiger partial charge in [-0.25, -0.2) is 4.98 Å². The molecule has 3 rings (SSSR count). The molecule has 0 saturated heterocycles. The van der Waals surface area contributed by atoms with Crippen LogP contribution in [0.15, 0.2) is 24.3 Å². The lowest BCUT2D eigenvalue weighted by atomic mass is 10.2. The fourth-order valence-corrected chi connectivity index (χ4v) is 3.65. The minimum Gasteiger partial charge on any atom is -0.347 e. The van der Waals surface area contributed by atoms with E-state index in [9.17, 15) is 0 Å². The maximum absolute atomic E-state index is 5.94. The Hall–Kier alpha value is -1.10. The van der Waals surface area contributed by atoms with Crippen molar-refractivity contribution in [3.8, 4) is 0 Å². The molecule has 21 heavy (non-hydrogen) atoms. The van der Waals surface area contributed by atoms with Crippen LogP contribution in [0.1, 0.15) is 34.9 Å². The molecule has 1 fully saturated rings. The molecule has 0 bridgehead atoms. The smallest absolute Gasteiger partial charge is 0.185 e. The Kier molecular flexibility index (Phi) is 4.48. The molecule has 0 radical (unpaired) electrons. The first-order valence-electron chi connectivity index (χ1n) is 7.27. The first-order chi connectivity index (χ1) is 10.2. The third-order valence-electron chi connectivity index (χ3n) is 3.68. The Labute approximate surface area is 135 Å². The average molecular weight is 322 g/mol. The van der Waals surface area contributed by atoms with Gasteiger partial charge >= 0.3 is 0 Å². The second kappa shape index (κ2) is 6.34. The lowest BCUT2D eigenvalue weighted by Crippen LogP contribution is -2.16. The summed E-state index contributed by atoms with van der Waals surface area (Å²) in [6, 6.07) is 8.02. The van der Waals surface area contributed by atoms with Crippen molar-refractivity contribution in [3.63, 3.8) is 0 Å². The van der Waals surface area contributed by atoms with Gasteiger partial charge in [-0.3, -0.25) is 0 Å². The maximum Gasteiger partial charge on any atom is 0.185 e. The summed E-state index contributed by atoms with van der Waals surface area (Å²) in [7, 11) is 4.10. The monoisotopic (exact) mass is 321 g/mol. The summed E-state index contributed by atoms with van der Waals surface area (Å²) in [5, 5.41) is 5.14. The van der Waals surface area contributed by atoms with Gasteiger partial charge in [0.05, 0.1) is 5.69 Å². The van der Waals surface area contributed by atoms with Crippen LogP contribution in [-0.2, 0) is 13.1 Å². The van der Waals surface area contributed by atoms with Crippen LogP contribution in [-0.4, -0.2) is 19.1 Å². The topological polar surface area (TPSA) is 28.2 Å². The number of aromatic nitrogens is 1. The van der Waals surface area contributed by atoms with Crippen LogP contribution in [0.5, 0.6) is 0 Å². The van der Waals surface area contributed by atoms with Crippen LogP contribution < -0.4 is 10.2 Å². The molecule has 3 nitrogen and oxygen atoms in total. The lowest BCUT2D eigenvalue weighted by molar-refractivity contribution is 0.811. The quantitative estimate of drug-likeness (QED) is 0.870. The van der Waals surface area contributed by atoms with Gasteiger partial charge in [0.15, 0.2) is 5.13 Å². The van der Waals surface area contributed by atoms with Gasteiger partial charge in [0, 0.05) is 36.0 Å². The predicted octanol–water partition coefficient (Wildman–Crippen LogP) is 4.03. The van der Waals surface area contributed by atoms with Crippen LogP contribution >= 0.6 is 22.9 Å². The second-order valence-electron chi connectivity index (χ2n) is 5.59. The summed E-state index contributed by atoms with van der Waals surface area (Å²) in [5.74, 6) is 0.697. The molecule has 1 aromatic heterocycles. The molecule has 1 N–H and O–H groups in total. The number of rotatable bonds is 6. The molecule has 1 aliphatic rings. The lowest BCUT2D eigenvalue weighted by Gasteiger charge is -2.15. The van der Waals surface area contributed by atoms with Crippen molar-refractivity contribution in [1.82, 2.24) is 10.3 Å². The van der Waals surface area contributed by atoms with Crippen molar-refractivity contribution in [2.45, 2.75) is 31.8 Å². The predicted molar refractivity (Wildman–Crippen MR) is 90.4 cm³/mol. The van der Waals surface area contributed by atoms with Crippen LogP contribution in [0.25, 0.3) is 0 Å². The number of nitrogens with zero attached hydrogens (tertiary/aromatic N) is 2. The highest BCUT2D eigenvalue weighted by atomic mass is 35.5. The molecule has 0 amide bonds. The summed E-state index contributed by atoms with van der Waals surface area (Å²) < 4.78 is 0. The molecule has 2 aromatic rings. The number of anilines is 1. The summed E-state index contributed by atoms with van der Waals surface area (Å²) in [4.78, 5) is 8.49. The Bertz CT molecular complexity index is 604. The van der Waals surface area contributed by atoms with Gasteiger partial charge in [-0.1, -0.05) is 23.7 Å². The Balaban J connectivity index is 1.75. The molecule has 1 aliphatic carbocycles. The van der Waals surface area contributed by atoms with Crippen molar-refractivity contribution in [2.24, 2.45) is 0 Å². The minimum absolute atomic E-state index is 0.697. The van der Waals surface area contributed by atoms with E-state index in [4.69, 9.17) is 16.6 Å². The van der Waals surface area contributed by atoms with Gasteiger partial charge in [-0.2, -0.15) is 0 Å². The first-order valence-corrected chi connectivity index (χ1v) is 8.46. The average Bonchev–Trinajstić information content (AvgIpc) is 3.23. The molecule has 1 saturated carbocycles. The highest BCUT2D eigenvalue weighted by Crippen LogP contribution is 2.44. The fraction of sp³-hybridized carbons (Fsp3) is 0.438. The summed E-state index contributed by atoms with van der Waals surface area (Å²) in [5.41, 5.74) is 2.56. The number of nitrogens with one attached hydrogen (secondary N) is 1. The maximum atomic E-state index is 5.94. The van der Waals surface area contributed by atoms with E-state index in [2.05, 4.69) is 29.4 Å². The molecule has 0 aliphatic heterocycles. The van der Waals surface area contributed by atoms with Crippen LogP contribution in [0.4, 0.5) is 5.13 Å². The zero-order valence-corrected chi connectivity index (χ0v) is 14.0. The highest BCUT2D eigenvalue weighted by molar-refractivity contribution is 7.15. The van der Waals surface area contributed by atoms with E-state index in [1.807, 2.05) is 30.5 Å². The molecule has 5 heteroatoms. The first kappa shape index (κ1) is 14.8. The molecule has 1 aromatic carbocycles. The van der Waals surface area contributed by atoms with Crippen molar-refractivity contribution >= 4 is 28.1 Å². The number of thiazole rings is 1. The summed E-state index contributed by atoms with van der Waals surface area (Å²) in [6.07, 6.45) is 2.58. The van der Waals surface area contributed by atoms with Gasteiger partial charge in [-0.15, -0.1) is 11.3 Å². The van der Waals surface area contributed by atoms with E-state index < -0.39 is 0 Å². The minimum atomic E-state index is 0.697. The van der Waals surface area contributed by atoms with E-state index in [1.54, 1.807) is 0 Å². The number of benzene rings is 1. The zero-order valence-electron chi connectivity index (χ0n) is 12.4.